The Morgan fingerprint density at radius 2 is 2.24 bits per heavy atom. The van der Waals surface area contributed by atoms with Crippen molar-refractivity contribution >= 4 is 11.8 Å². The molecule has 2 aromatic rings. The van der Waals surface area contributed by atoms with Gasteiger partial charge in [0.25, 0.3) is 0 Å². The number of H-pyrrole nitrogens is 1. The molecule has 1 aromatic carbocycles. The molecule has 17 heavy (non-hydrogen) atoms. The smallest absolute Gasteiger partial charge is 0.0342 e. The fourth-order valence-corrected chi connectivity index (χ4v) is 3.39. The summed E-state index contributed by atoms with van der Waals surface area (Å²) in [6.07, 6.45) is 5.24. The van der Waals surface area contributed by atoms with Gasteiger partial charge < -0.3 is 10.3 Å². The van der Waals surface area contributed by atoms with Crippen molar-refractivity contribution in [1.29, 1.82) is 0 Å². The summed E-state index contributed by atoms with van der Waals surface area (Å²) in [7, 11) is 0. The maximum Gasteiger partial charge on any atom is 0.0342 e. The number of aromatic amines is 1. The molecule has 2 nitrogen and oxygen atoms in total. The zero-order valence-electron chi connectivity index (χ0n) is 9.65. The van der Waals surface area contributed by atoms with Crippen molar-refractivity contribution in [1.82, 2.24) is 10.3 Å². The fraction of sp³-hybridized carbons (Fsp3) is 0.286. The number of hydrogen-bond acceptors (Lipinski definition) is 2. The van der Waals surface area contributed by atoms with E-state index in [0.29, 0.717) is 6.04 Å². The van der Waals surface area contributed by atoms with Gasteiger partial charge in [-0.15, -0.1) is 11.8 Å². The molecule has 2 N–H and O–H groups in total. The highest BCUT2D eigenvalue weighted by Crippen LogP contribution is 2.35. The summed E-state index contributed by atoms with van der Waals surface area (Å²) in [4.78, 5) is 4.53. The molecular weight excluding hydrogens is 228 g/mol. The van der Waals surface area contributed by atoms with E-state index in [-0.39, 0.29) is 0 Å². The number of fused-ring (bicyclic) bond motifs is 1. The first-order valence-corrected chi connectivity index (χ1v) is 6.99. The molecule has 0 saturated heterocycles. The summed E-state index contributed by atoms with van der Waals surface area (Å²) in [6.45, 7) is 0.938. The van der Waals surface area contributed by atoms with Crippen LogP contribution in [0, 0.1) is 0 Å². The molecule has 1 aromatic heterocycles. The van der Waals surface area contributed by atoms with Gasteiger partial charge in [0.2, 0.25) is 0 Å². The predicted molar refractivity (Wildman–Crippen MR) is 72.2 cm³/mol. The average molecular weight is 244 g/mol. The van der Waals surface area contributed by atoms with Crippen molar-refractivity contribution in [3.63, 3.8) is 0 Å². The predicted octanol–water partition coefficient (Wildman–Crippen LogP) is 3.34. The van der Waals surface area contributed by atoms with E-state index in [4.69, 9.17) is 0 Å². The van der Waals surface area contributed by atoms with E-state index in [1.54, 1.807) is 0 Å². The van der Waals surface area contributed by atoms with Gasteiger partial charge in [0.05, 0.1) is 0 Å². The van der Waals surface area contributed by atoms with Crippen LogP contribution in [0.2, 0.25) is 0 Å². The van der Waals surface area contributed by atoms with Crippen LogP contribution in [0.1, 0.15) is 23.6 Å². The Hall–Kier alpha value is -1.19. The summed E-state index contributed by atoms with van der Waals surface area (Å²) in [5, 5.41) is 3.65. The lowest BCUT2D eigenvalue weighted by molar-refractivity contribution is 0.510. The molecule has 1 aliphatic rings. The Balaban J connectivity index is 1.72. The molecule has 2 heterocycles. The number of rotatable bonds is 3. The van der Waals surface area contributed by atoms with Crippen LogP contribution in [0.15, 0.2) is 47.6 Å². The molecule has 1 atom stereocenters. The van der Waals surface area contributed by atoms with Gasteiger partial charge in [-0.25, -0.2) is 0 Å². The zero-order chi connectivity index (χ0) is 11.5. The number of thioether (sulfide) groups is 1. The first-order chi connectivity index (χ1) is 8.43. The standard InChI is InChI=1S/C14H16N2S/c1-2-4-14-12(3-1)13(6-8-17-14)16-10-11-5-7-15-9-11/h1-5,7,9,13,15-16H,6,8,10H2. The maximum absolute atomic E-state index is 3.65. The van der Waals surface area contributed by atoms with Crippen LogP contribution in [0.5, 0.6) is 0 Å². The van der Waals surface area contributed by atoms with E-state index >= 15 is 0 Å². The van der Waals surface area contributed by atoms with E-state index in [2.05, 4.69) is 46.8 Å². The Labute approximate surface area is 106 Å². The molecule has 0 spiro atoms. The van der Waals surface area contributed by atoms with Crippen LogP contribution in [-0.4, -0.2) is 10.7 Å². The second-order valence-electron chi connectivity index (χ2n) is 4.33. The third-order valence-corrected chi connectivity index (χ3v) is 4.30. The van der Waals surface area contributed by atoms with Gasteiger partial charge >= 0.3 is 0 Å². The van der Waals surface area contributed by atoms with E-state index in [1.165, 1.54) is 28.2 Å². The Morgan fingerprint density at radius 1 is 1.29 bits per heavy atom. The SMILES string of the molecule is c1ccc2c(c1)SCCC2NCc1cc[nH]c1. The second-order valence-corrected chi connectivity index (χ2v) is 5.46. The Kier molecular flexibility index (Phi) is 3.20. The topological polar surface area (TPSA) is 27.8 Å². The van der Waals surface area contributed by atoms with Crippen LogP contribution < -0.4 is 5.32 Å². The van der Waals surface area contributed by atoms with Crippen molar-refractivity contribution in [3.05, 3.63) is 53.9 Å². The second kappa shape index (κ2) is 4.98. The van der Waals surface area contributed by atoms with Crippen LogP contribution in [0.4, 0.5) is 0 Å². The molecule has 1 unspecified atom stereocenters. The minimum atomic E-state index is 0.502. The number of benzene rings is 1. The lowest BCUT2D eigenvalue weighted by Crippen LogP contribution is -2.23. The van der Waals surface area contributed by atoms with Gasteiger partial charge in [-0.2, -0.15) is 0 Å². The molecule has 0 radical (unpaired) electrons. The highest BCUT2D eigenvalue weighted by atomic mass is 32.2. The van der Waals surface area contributed by atoms with Gasteiger partial charge in [0, 0.05) is 29.9 Å². The average Bonchev–Trinajstić information content (AvgIpc) is 2.89. The fourth-order valence-electron chi connectivity index (χ4n) is 2.26. The van der Waals surface area contributed by atoms with Crippen LogP contribution in [0.3, 0.4) is 0 Å². The van der Waals surface area contributed by atoms with Crippen molar-refractivity contribution in [2.75, 3.05) is 5.75 Å². The molecule has 0 amide bonds. The highest BCUT2D eigenvalue weighted by Gasteiger charge is 2.19. The summed E-state index contributed by atoms with van der Waals surface area (Å²) in [5.74, 6) is 1.21. The van der Waals surface area contributed by atoms with E-state index in [0.717, 1.165) is 6.54 Å². The summed E-state index contributed by atoms with van der Waals surface area (Å²) < 4.78 is 0. The molecule has 88 valence electrons. The lowest BCUT2D eigenvalue weighted by Gasteiger charge is -2.25. The van der Waals surface area contributed by atoms with Crippen LogP contribution in [-0.2, 0) is 6.54 Å². The summed E-state index contributed by atoms with van der Waals surface area (Å²) in [5.41, 5.74) is 2.78. The molecule has 3 heteroatoms. The lowest BCUT2D eigenvalue weighted by atomic mass is 10.0. The third-order valence-electron chi connectivity index (χ3n) is 3.17. The van der Waals surface area contributed by atoms with Gasteiger partial charge in [0.15, 0.2) is 0 Å². The molecule has 0 bridgehead atoms. The van der Waals surface area contributed by atoms with Crippen LogP contribution >= 0.6 is 11.8 Å². The van der Waals surface area contributed by atoms with Crippen LogP contribution in [0.25, 0.3) is 0 Å². The van der Waals surface area contributed by atoms with Gasteiger partial charge in [-0.05, 0) is 35.4 Å². The minimum absolute atomic E-state index is 0.502. The van der Waals surface area contributed by atoms with Gasteiger partial charge in [-0.3, -0.25) is 0 Å². The zero-order valence-corrected chi connectivity index (χ0v) is 10.5. The maximum atomic E-state index is 3.65. The molecule has 0 fully saturated rings. The Morgan fingerprint density at radius 3 is 3.12 bits per heavy atom. The quantitative estimate of drug-likeness (QED) is 0.866. The van der Waals surface area contributed by atoms with Gasteiger partial charge in [-0.1, -0.05) is 18.2 Å². The summed E-state index contributed by atoms with van der Waals surface area (Å²) >= 11 is 1.97. The van der Waals surface area contributed by atoms with E-state index in [9.17, 15) is 0 Å². The van der Waals surface area contributed by atoms with Gasteiger partial charge in [0.1, 0.15) is 0 Å². The molecular formula is C14H16N2S. The van der Waals surface area contributed by atoms with E-state index < -0.39 is 0 Å². The monoisotopic (exact) mass is 244 g/mol. The van der Waals surface area contributed by atoms with Crippen molar-refractivity contribution in [2.45, 2.75) is 23.9 Å². The summed E-state index contributed by atoms with van der Waals surface area (Å²) in [6, 6.07) is 11.4. The van der Waals surface area contributed by atoms with Crippen molar-refractivity contribution in [2.24, 2.45) is 0 Å². The normalized spacial score (nSPS) is 18.9. The van der Waals surface area contributed by atoms with E-state index in [1.807, 2.05) is 18.0 Å². The minimum Gasteiger partial charge on any atom is -0.367 e. The third kappa shape index (κ3) is 2.40. The molecule has 0 aliphatic carbocycles. The van der Waals surface area contributed by atoms with Crippen molar-refractivity contribution in [3.8, 4) is 0 Å². The first kappa shape index (κ1) is 10.9. The number of hydrogen-bond donors (Lipinski definition) is 2. The molecule has 1 aliphatic heterocycles. The Bertz CT molecular complexity index is 479. The largest absolute Gasteiger partial charge is 0.367 e. The first-order valence-electron chi connectivity index (χ1n) is 6.00. The van der Waals surface area contributed by atoms with Crippen molar-refractivity contribution < 1.29 is 0 Å². The highest BCUT2D eigenvalue weighted by molar-refractivity contribution is 7.99. The molecule has 3 rings (SSSR count). The molecule has 0 saturated carbocycles. The number of aromatic nitrogens is 1. The number of nitrogens with one attached hydrogen (secondary N) is 2.